The second kappa shape index (κ2) is 5.40. The molecule has 112 valence electrons. The fraction of sp³-hybridized carbons (Fsp3) is 0.812. The Kier molecular flexibility index (Phi) is 3.76. The third kappa shape index (κ3) is 2.71. The van der Waals surface area contributed by atoms with Crippen LogP contribution in [-0.4, -0.2) is 28.4 Å². The van der Waals surface area contributed by atoms with Crippen LogP contribution in [-0.2, 0) is 13.6 Å². The molecule has 4 nitrogen and oxygen atoms in total. The topological polar surface area (TPSA) is 33.1 Å². The molecule has 0 aromatic carbocycles. The van der Waals surface area contributed by atoms with E-state index in [1.165, 1.54) is 42.8 Å². The number of aromatic nitrogens is 2. The Bertz CT molecular complexity index is 475. The number of hydrogen-bond acceptors (Lipinski definition) is 3. The number of aryl methyl sites for hydroxylation is 2. The summed E-state index contributed by atoms with van der Waals surface area (Å²) in [7, 11) is 2.09. The van der Waals surface area contributed by atoms with Gasteiger partial charge in [-0.25, -0.2) is 0 Å². The molecule has 1 aromatic rings. The molecule has 2 atom stereocenters. The van der Waals surface area contributed by atoms with Gasteiger partial charge in [0.15, 0.2) is 0 Å². The lowest BCUT2D eigenvalue weighted by atomic mass is 9.94. The van der Waals surface area contributed by atoms with Crippen LogP contribution in [0.1, 0.15) is 50.8 Å². The van der Waals surface area contributed by atoms with Gasteiger partial charge in [-0.1, -0.05) is 6.92 Å². The van der Waals surface area contributed by atoms with Crippen LogP contribution in [0.25, 0.3) is 0 Å². The van der Waals surface area contributed by atoms with Gasteiger partial charge in [-0.2, -0.15) is 5.10 Å². The van der Waals surface area contributed by atoms with Gasteiger partial charge in [0, 0.05) is 37.8 Å². The van der Waals surface area contributed by atoms with Crippen molar-refractivity contribution >= 4 is 5.82 Å². The third-order valence-corrected chi connectivity index (χ3v) is 4.85. The highest BCUT2D eigenvalue weighted by Crippen LogP contribution is 2.31. The van der Waals surface area contributed by atoms with Crippen molar-refractivity contribution in [3.8, 4) is 0 Å². The lowest BCUT2D eigenvalue weighted by Crippen LogP contribution is -2.42. The average Bonchev–Trinajstić information content (AvgIpc) is 3.17. The highest BCUT2D eigenvalue weighted by Gasteiger charge is 2.29. The van der Waals surface area contributed by atoms with E-state index in [1.807, 2.05) is 0 Å². The molecule has 0 bridgehead atoms. The first-order valence-electron chi connectivity index (χ1n) is 8.08. The van der Waals surface area contributed by atoms with E-state index in [-0.39, 0.29) is 0 Å². The average molecular weight is 276 g/mol. The van der Waals surface area contributed by atoms with Gasteiger partial charge in [0.1, 0.15) is 5.82 Å². The summed E-state index contributed by atoms with van der Waals surface area (Å²) in [5.74, 6) is 2.13. The molecule has 2 fully saturated rings. The Balaban J connectivity index is 1.85. The summed E-state index contributed by atoms with van der Waals surface area (Å²) in [5.41, 5.74) is 2.58. The van der Waals surface area contributed by atoms with Gasteiger partial charge in [-0.15, -0.1) is 0 Å². The second-order valence-electron chi connectivity index (χ2n) is 6.85. The van der Waals surface area contributed by atoms with Gasteiger partial charge >= 0.3 is 0 Å². The normalized spacial score (nSPS) is 27.1. The first-order valence-corrected chi connectivity index (χ1v) is 8.08. The van der Waals surface area contributed by atoms with Crippen LogP contribution in [0.2, 0.25) is 0 Å². The van der Waals surface area contributed by atoms with Crippen LogP contribution in [0.3, 0.4) is 0 Å². The Morgan fingerprint density at radius 2 is 1.95 bits per heavy atom. The lowest BCUT2D eigenvalue weighted by Gasteiger charge is -2.39. The van der Waals surface area contributed by atoms with E-state index in [9.17, 15) is 0 Å². The summed E-state index contributed by atoms with van der Waals surface area (Å²) >= 11 is 0. The number of rotatable bonds is 4. The highest BCUT2D eigenvalue weighted by molar-refractivity contribution is 5.51. The summed E-state index contributed by atoms with van der Waals surface area (Å²) in [5, 5.41) is 8.33. The monoisotopic (exact) mass is 276 g/mol. The Morgan fingerprint density at radius 3 is 2.65 bits per heavy atom. The molecule has 0 spiro atoms. The minimum Gasteiger partial charge on any atom is -0.354 e. The number of hydrogen-bond donors (Lipinski definition) is 1. The predicted molar refractivity (Wildman–Crippen MR) is 83.0 cm³/mol. The maximum absolute atomic E-state index is 4.68. The van der Waals surface area contributed by atoms with E-state index in [1.54, 1.807) is 0 Å². The molecule has 0 amide bonds. The standard InChI is InChI=1S/C16H28N4/c1-11-5-6-12(2)20(10-11)16-15(9-17-14-7-8-14)13(3)18-19(16)4/h11-12,14,17H,5-10H2,1-4H3. The van der Waals surface area contributed by atoms with Gasteiger partial charge in [0.25, 0.3) is 0 Å². The molecular formula is C16H28N4. The SMILES string of the molecule is Cc1nn(C)c(N2CC(C)CCC2C)c1CNC1CC1. The third-order valence-electron chi connectivity index (χ3n) is 4.85. The second-order valence-corrected chi connectivity index (χ2v) is 6.85. The van der Waals surface area contributed by atoms with E-state index in [4.69, 9.17) is 0 Å². The number of nitrogens with zero attached hydrogens (tertiary/aromatic N) is 3. The number of piperidine rings is 1. The number of anilines is 1. The Labute approximate surface area is 122 Å². The molecule has 1 N–H and O–H groups in total. The molecule has 0 radical (unpaired) electrons. The molecule has 1 aliphatic heterocycles. The quantitative estimate of drug-likeness (QED) is 0.917. The van der Waals surface area contributed by atoms with Crippen molar-refractivity contribution in [2.45, 2.75) is 65.1 Å². The van der Waals surface area contributed by atoms with E-state index in [2.05, 4.69) is 47.8 Å². The van der Waals surface area contributed by atoms with Gasteiger partial charge < -0.3 is 10.2 Å². The molecule has 4 heteroatoms. The molecule has 1 saturated heterocycles. The summed E-state index contributed by atoms with van der Waals surface area (Å²) in [6.07, 6.45) is 5.32. The van der Waals surface area contributed by atoms with Crippen LogP contribution in [0.4, 0.5) is 5.82 Å². The maximum atomic E-state index is 4.68. The fourth-order valence-electron chi connectivity index (χ4n) is 3.37. The van der Waals surface area contributed by atoms with Crippen molar-refractivity contribution in [3.63, 3.8) is 0 Å². The molecule has 2 heterocycles. The van der Waals surface area contributed by atoms with Crippen molar-refractivity contribution in [1.29, 1.82) is 0 Å². The Morgan fingerprint density at radius 1 is 1.20 bits per heavy atom. The first kappa shape index (κ1) is 13.9. The van der Waals surface area contributed by atoms with E-state index in [0.717, 1.165) is 25.0 Å². The maximum Gasteiger partial charge on any atom is 0.131 e. The zero-order valence-electron chi connectivity index (χ0n) is 13.3. The summed E-state index contributed by atoms with van der Waals surface area (Å²) in [6, 6.07) is 1.38. The largest absolute Gasteiger partial charge is 0.354 e. The predicted octanol–water partition coefficient (Wildman–Crippen LogP) is 2.61. The summed E-state index contributed by atoms with van der Waals surface area (Å²) in [6.45, 7) is 9.00. The molecular weight excluding hydrogens is 248 g/mol. The van der Waals surface area contributed by atoms with Crippen molar-refractivity contribution in [2.75, 3.05) is 11.4 Å². The van der Waals surface area contributed by atoms with E-state index < -0.39 is 0 Å². The molecule has 1 aromatic heterocycles. The zero-order chi connectivity index (χ0) is 14.3. The summed E-state index contributed by atoms with van der Waals surface area (Å²) in [4.78, 5) is 2.58. The fourth-order valence-corrected chi connectivity index (χ4v) is 3.37. The Hall–Kier alpha value is -1.03. The smallest absolute Gasteiger partial charge is 0.131 e. The van der Waals surface area contributed by atoms with E-state index in [0.29, 0.717) is 6.04 Å². The minimum atomic E-state index is 0.626. The number of nitrogens with one attached hydrogen (secondary N) is 1. The van der Waals surface area contributed by atoms with E-state index >= 15 is 0 Å². The van der Waals surface area contributed by atoms with Crippen LogP contribution >= 0.6 is 0 Å². The van der Waals surface area contributed by atoms with Crippen LogP contribution in [0.15, 0.2) is 0 Å². The van der Waals surface area contributed by atoms with Gasteiger partial charge in [0.05, 0.1) is 5.69 Å². The van der Waals surface area contributed by atoms with Crippen molar-refractivity contribution in [3.05, 3.63) is 11.3 Å². The van der Waals surface area contributed by atoms with Gasteiger partial charge in [-0.05, 0) is 45.4 Å². The molecule has 1 aliphatic carbocycles. The first-order chi connectivity index (χ1) is 9.56. The lowest BCUT2D eigenvalue weighted by molar-refractivity contribution is 0.383. The molecule has 2 unspecified atom stereocenters. The van der Waals surface area contributed by atoms with Gasteiger partial charge in [-0.3, -0.25) is 4.68 Å². The van der Waals surface area contributed by atoms with Crippen molar-refractivity contribution < 1.29 is 0 Å². The molecule has 1 saturated carbocycles. The van der Waals surface area contributed by atoms with Crippen molar-refractivity contribution in [1.82, 2.24) is 15.1 Å². The summed E-state index contributed by atoms with van der Waals surface area (Å²) < 4.78 is 2.09. The molecule has 3 rings (SSSR count). The molecule has 2 aliphatic rings. The molecule has 20 heavy (non-hydrogen) atoms. The van der Waals surface area contributed by atoms with Crippen LogP contribution in [0, 0.1) is 12.8 Å². The minimum absolute atomic E-state index is 0.626. The zero-order valence-corrected chi connectivity index (χ0v) is 13.3. The highest BCUT2D eigenvalue weighted by atomic mass is 15.4. The van der Waals surface area contributed by atoms with Gasteiger partial charge in [0.2, 0.25) is 0 Å². The van der Waals surface area contributed by atoms with Crippen LogP contribution in [0.5, 0.6) is 0 Å². The van der Waals surface area contributed by atoms with Crippen LogP contribution < -0.4 is 10.2 Å². The van der Waals surface area contributed by atoms with Crippen molar-refractivity contribution in [2.24, 2.45) is 13.0 Å².